The van der Waals surface area contributed by atoms with E-state index in [-0.39, 0.29) is 80.8 Å². The predicted octanol–water partition coefficient (Wildman–Crippen LogP) is 1.04. The van der Waals surface area contributed by atoms with Crippen LogP contribution in [0.25, 0.3) is 0 Å². The number of amides is 3. The molecule has 1 aromatic carbocycles. The number of likely N-dealkylation sites (N-methyl/N-ethyl adjacent to an activating group) is 1. The van der Waals surface area contributed by atoms with Gasteiger partial charge < -0.3 is 51.2 Å². The lowest BCUT2D eigenvalue weighted by Gasteiger charge is -2.56. The van der Waals surface area contributed by atoms with E-state index in [2.05, 4.69) is 33.6 Å². The Balaban J connectivity index is 1.18. The second-order valence-electron chi connectivity index (χ2n) is 14.9. The molecule has 1 aromatic rings. The van der Waals surface area contributed by atoms with Crippen molar-refractivity contribution in [1.29, 1.82) is 0 Å². The van der Waals surface area contributed by atoms with Gasteiger partial charge in [0.15, 0.2) is 29.3 Å². The maximum absolute atomic E-state index is 14.1. The van der Waals surface area contributed by atoms with Crippen LogP contribution in [0.4, 0.5) is 4.79 Å². The molecule has 288 valence electrons. The summed E-state index contributed by atoms with van der Waals surface area (Å²) in [7, 11) is 3.78. The number of carbonyl (C=O) groups is 5. The number of carboxylic acids is 1. The zero-order valence-electron chi connectivity index (χ0n) is 30.6. The normalized spacial score (nSPS) is 27.3. The minimum absolute atomic E-state index is 0.0486. The highest BCUT2D eigenvalue weighted by Gasteiger charge is 2.65. The number of nitrogens with two attached hydrogens (primary N) is 2. The van der Waals surface area contributed by atoms with Crippen LogP contribution in [0.15, 0.2) is 29.0 Å². The largest absolute Gasteiger partial charge is 0.493 e. The molecule has 16 nitrogen and oxygen atoms in total. The van der Waals surface area contributed by atoms with Gasteiger partial charge in [0.05, 0.1) is 25.6 Å². The summed E-state index contributed by atoms with van der Waals surface area (Å²) in [5.41, 5.74) is 12.9. The van der Waals surface area contributed by atoms with E-state index in [4.69, 9.17) is 25.7 Å². The highest BCUT2D eigenvalue weighted by molar-refractivity contribution is 5.89. The second kappa shape index (κ2) is 15.6. The minimum Gasteiger partial charge on any atom is -0.493 e. The van der Waals surface area contributed by atoms with E-state index in [0.29, 0.717) is 36.1 Å². The van der Waals surface area contributed by atoms with Gasteiger partial charge in [-0.25, -0.2) is 4.79 Å². The van der Waals surface area contributed by atoms with Gasteiger partial charge in [0.2, 0.25) is 11.8 Å². The smallest absolute Gasteiger partial charge is 0.415 e. The van der Waals surface area contributed by atoms with Crippen LogP contribution in [-0.2, 0) is 35.8 Å². The number of hydrogen-bond acceptors (Lipinski definition) is 10. The van der Waals surface area contributed by atoms with Crippen LogP contribution < -0.4 is 31.6 Å². The molecule has 16 heteroatoms. The monoisotopic (exact) mass is 737 g/mol. The topological polar surface area (TPSA) is 228 Å². The fourth-order valence-corrected chi connectivity index (χ4v) is 9.24. The molecule has 5 aliphatic rings. The Hall–Kier alpha value is -4.86. The highest BCUT2D eigenvalue weighted by atomic mass is 16.6. The lowest BCUT2D eigenvalue weighted by molar-refractivity contribution is -0.144. The van der Waals surface area contributed by atoms with E-state index in [9.17, 15) is 29.1 Å². The summed E-state index contributed by atoms with van der Waals surface area (Å²) in [6.45, 7) is 2.28. The molecule has 7 N–H and O–H groups in total. The Morgan fingerprint density at radius 2 is 1.96 bits per heavy atom. The molecule has 1 spiro atoms. The number of hydrogen-bond donors (Lipinski definition) is 5. The Bertz CT molecular complexity index is 1690. The number of benzene rings is 1. The summed E-state index contributed by atoms with van der Waals surface area (Å²) < 4.78 is 18.7. The first kappa shape index (κ1) is 37.9. The third kappa shape index (κ3) is 7.50. The molecule has 2 aliphatic carbocycles. The lowest BCUT2D eigenvalue weighted by atomic mass is 9.53. The van der Waals surface area contributed by atoms with Gasteiger partial charge in [0.25, 0.3) is 0 Å². The maximum Gasteiger partial charge on any atom is 0.415 e. The summed E-state index contributed by atoms with van der Waals surface area (Å²) in [5.74, 6) is -1.63. The Kier molecular flexibility index (Phi) is 11.2. The number of carbonyl (C=O) groups excluding carboxylic acids is 4. The number of Topliss-reactive ketones (excluding diaryl/α,β-unsaturated/α-hetero) is 1. The number of methoxy groups -OCH3 is 1. The van der Waals surface area contributed by atoms with Gasteiger partial charge in [-0.15, -0.1) is 0 Å². The van der Waals surface area contributed by atoms with Crippen molar-refractivity contribution >= 4 is 35.6 Å². The quantitative estimate of drug-likeness (QED) is 0.103. The molecule has 0 saturated carbocycles. The molecule has 2 saturated heterocycles. The van der Waals surface area contributed by atoms with Gasteiger partial charge in [-0.3, -0.25) is 24.2 Å². The van der Waals surface area contributed by atoms with Gasteiger partial charge in [0, 0.05) is 55.9 Å². The van der Waals surface area contributed by atoms with Crippen LogP contribution in [0.5, 0.6) is 11.5 Å². The molecule has 3 heterocycles. The number of nitrogens with zero attached hydrogens (tertiary/aromatic N) is 3. The summed E-state index contributed by atoms with van der Waals surface area (Å²) in [5, 5.41) is 15.2. The number of piperidine rings is 2. The van der Waals surface area contributed by atoms with E-state index in [1.807, 2.05) is 12.1 Å². The molecule has 2 bridgehead atoms. The number of ether oxygens (including phenoxy) is 3. The van der Waals surface area contributed by atoms with Gasteiger partial charge in [0.1, 0.15) is 5.76 Å². The van der Waals surface area contributed by atoms with E-state index in [0.717, 1.165) is 24.9 Å². The summed E-state index contributed by atoms with van der Waals surface area (Å²) in [4.78, 5) is 71.6. The van der Waals surface area contributed by atoms with Crippen LogP contribution in [0.1, 0.15) is 63.0 Å². The summed E-state index contributed by atoms with van der Waals surface area (Å²) >= 11 is 0. The number of allylic oxidation sites excluding steroid dienone is 1. The summed E-state index contributed by atoms with van der Waals surface area (Å²) in [6, 6.07) is 3.68. The van der Waals surface area contributed by atoms with Crippen LogP contribution >= 0.6 is 0 Å². The van der Waals surface area contributed by atoms with E-state index < -0.39 is 42.0 Å². The first-order chi connectivity index (χ1) is 25.3. The van der Waals surface area contributed by atoms with E-state index >= 15 is 0 Å². The number of rotatable bonds is 14. The van der Waals surface area contributed by atoms with Crippen molar-refractivity contribution in [2.45, 2.75) is 81.9 Å². The Morgan fingerprint density at radius 1 is 1.17 bits per heavy atom. The van der Waals surface area contributed by atoms with Crippen molar-refractivity contribution in [3.05, 3.63) is 35.1 Å². The van der Waals surface area contributed by atoms with E-state index in [1.54, 1.807) is 7.11 Å². The third-order valence-electron chi connectivity index (χ3n) is 11.8. The van der Waals surface area contributed by atoms with Crippen LogP contribution in [0.2, 0.25) is 0 Å². The molecule has 6 rings (SSSR count). The molecule has 7 atom stereocenters. The molecule has 2 unspecified atom stereocenters. The van der Waals surface area contributed by atoms with Crippen molar-refractivity contribution in [2.24, 2.45) is 34.2 Å². The molecule has 0 radical (unpaired) electrons. The lowest BCUT2D eigenvalue weighted by Crippen LogP contribution is -2.63. The van der Waals surface area contributed by atoms with Gasteiger partial charge in [-0.1, -0.05) is 6.07 Å². The summed E-state index contributed by atoms with van der Waals surface area (Å²) in [6.07, 6.45) is 4.14. The van der Waals surface area contributed by atoms with Crippen molar-refractivity contribution in [3.8, 4) is 11.5 Å². The first-order valence-electron chi connectivity index (χ1n) is 18.4. The highest BCUT2D eigenvalue weighted by Crippen LogP contribution is 2.63. The Labute approximate surface area is 308 Å². The zero-order chi connectivity index (χ0) is 38.0. The van der Waals surface area contributed by atoms with E-state index in [1.165, 1.54) is 17.4 Å². The number of guanidine groups is 1. The molecule has 3 aliphatic heterocycles. The van der Waals surface area contributed by atoms with Gasteiger partial charge in [-0.05, 0) is 82.2 Å². The molecule has 3 amide bonds. The minimum atomic E-state index is -0.980. The number of ketones is 1. The number of aliphatic imine (C=N–C) groups is 1. The van der Waals surface area contributed by atoms with Crippen molar-refractivity contribution in [1.82, 2.24) is 20.4 Å². The third-order valence-corrected chi connectivity index (χ3v) is 11.8. The Morgan fingerprint density at radius 3 is 2.68 bits per heavy atom. The molecule has 53 heavy (non-hydrogen) atoms. The molecular weight excluding hydrogens is 686 g/mol. The SMILES string of the molecule is COc1ccc2c3c1O[C@H]1C(OC(=O)N4CCC(C(=O)O)C[C@@H]4CNC(=O)[C@H](CCCN=C(N)N)CC(=O)CNC(C)=O)=CCC4[C@@H](C2)N(C)CC[C@@]341. The molecule has 0 aromatic heterocycles. The average molecular weight is 738 g/mol. The predicted molar refractivity (Wildman–Crippen MR) is 192 cm³/mol. The number of likely N-dealkylation sites (tertiary alicyclic amines) is 2. The standard InChI is InChI=1S/C37H51N7O9/c1-20(45)41-19-25(46)16-22(5-4-12-40-35(38)39)33(47)42-18-24-15-23(34(48)49)10-13-44(24)36(50)52-29-9-7-26-27-17-21-6-8-28(51-3)31-30(21)37(26,32(29)53-31)11-14-43(27)2/h6,8-9,22-24,26-27,32H,4-5,7,10-19H2,1-3H3,(H,41,45)(H,42,47)(H,48,49)(H4,38,39,40)/t22-,23?,24-,26?,27-,32+,37+/m1/s1. The van der Waals surface area contributed by atoms with Crippen LogP contribution in [-0.4, -0.2) is 116 Å². The fourth-order valence-electron chi connectivity index (χ4n) is 9.24. The maximum atomic E-state index is 14.1. The number of nitrogens with one attached hydrogen (secondary N) is 2. The molecular formula is C37H51N7O9. The fraction of sp³-hybridized carbons (Fsp3) is 0.622. The first-order valence-corrected chi connectivity index (χ1v) is 18.4. The van der Waals surface area contributed by atoms with Crippen molar-refractivity contribution in [2.75, 3.05) is 46.9 Å². The van der Waals surface area contributed by atoms with Crippen LogP contribution in [0, 0.1) is 17.8 Å². The van der Waals surface area contributed by atoms with Crippen molar-refractivity contribution in [3.63, 3.8) is 0 Å². The molecule has 2 fully saturated rings. The zero-order valence-corrected chi connectivity index (χ0v) is 30.6. The van der Waals surface area contributed by atoms with Crippen LogP contribution in [0.3, 0.4) is 0 Å². The van der Waals surface area contributed by atoms with Gasteiger partial charge in [-0.2, -0.15) is 0 Å². The number of carboxylic acid groups (broad SMARTS) is 1. The second-order valence-corrected chi connectivity index (χ2v) is 14.9. The van der Waals surface area contributed by atoms with Crippen molar-refractivity contribution < 1.29 is 43.3 Å². The number of aliphatic carboxylic acids is 1. The average Bonchev–Trinajstić information content (AvgIpc) is 3.48. The van der Waals surface area contributed by atoms with Gasteiger partial charge >= 0.3 is 12.1 Å².